The van der Waals surface area contributed by atoms with E-state index >= 15 is 0 Å². The number of hydrogen-bond acceptors (Lipinski definition) is 4. The first kappa shape index (κ1) is 17.3. The molecular formula is C14H18ClN3O2S. The van der Waals surface area contributed by atoms with Crippen LogP contribution in [0.2, 0.25) is 5.02 Å². The highest BCUT2D eigenvalue weighted by molar-refractivity contribution is 7.80. The molecule has 2 N–H and O–H groups in total. The van der Waals surface area contributed by atoms with Crippen LogP contribution in [0.25, 0.3) is 0 Å². The van der Waals surface area contributed by atoms with Crippen LogP contribution in [0.4, 0.5) is 0 Å². The summed E-state index contributed by atoms with van der Waals surface area (Å²) in [6.45, 7) is 6.56. The number of thiocarbonyl (C=S) groups is 1. The maximum Gasteiger partial charge on any atom is 0.187 e. The summed E-state index contributed by atoms with van der Waals surface area (Å²) < 4.78 is 10.7. The number of nitrogens with one attached hydrogen (secondary N) is 2. The van der Waals surface area contributed by atoms with Crippen molar-refractivity contribution in [2.45, 2.75) is 6.92 Å². The normalized spacial score (nSPS) is 10.2. The van der Waals surface area contributed by atoms with Crippen molar-refractivity contribution in [2.24, 2.45) is 5.10 Å². The van der Waals surface area contributed by atoms with Gasteiger partial charge in [0.2, 0.25) is 0 Å². The second-order valence-electron chi connectivity index (χ2n) is 3.84. The van der Waals surface area contributed by atoms with Gasteiger partial charge in [-0.25, -0.2) is 0 Å². The predicted molar refractivity (Wildman–Crippen MR) is 90.7 cm³/mol. The number of hydrazone groups is 1. The minimum absolute atomic E-state index is 0.413. The molecule has 0 bridgehead atoms. The fourth-order valence-corrected chi connectivity index (χ4v) is 1.93. The number of methoxy groups -OCH3 is 1. The molecule has 21 heavy (non-hydrogen) atoms. The Labute approximate surface area is 135 Å². The van der Waals surface area contributed by atoms with Crippen molar-refractivity contribution >= 4 is 35.1 Å². The minimum atomic E-state index is 0.413. The number of nitrogens with zero attached hydrogens (tertiary/aromatic N) is 1. The van der Waals surface area contributed by atoms with Crippen LogP contribution in [-0.4, -0.2) is 31.6 Å². The van der Waals surface area contributed by atoms with Crippen LogP contribution in [0.1, 0.15) is 12.5 Å². The molecule has 0 aliphatic carbocycles. The van der Waals surface area contributed by atoms with Crippen molar-refractivity contribution in [3.8, 4) is 11.5 Å². The van der Waals surface area contributed by atoms with Gasteiger partial charge in [0.15, 0.2) is 16.6 Å². The molecule has 0 amide bonds. The molecule has 0 saturated carbocycles. The Hall–Kier alpha value is -1.79. The summed E-state index contributed by atoms with van der Waals surface area (Å²) in [6, 6.07) is 3.52. The van der Waals surface area contributed by atoms with E-state index in [0.717, 1.165) is 5.56 Å². The van der Waals surface area contributed by atoms with Crippen molar-refractivity contribution < 1.29 is 9.47 Å². The lowest BCUT2D eigenvalue weighted by atomic mass is 10.2. The fourth-order valence-electron chi connectivity index (χ4n) is 1.49. The van der Waals surface area contributed by atoms with E-state index in [4.69, 9.17) is 33.3 Å². The zero-order chi connectivity index (χ0) is 15.7. The smallest absolute Gasteiger partial charge is 0.187 e. The summed E-state index contributed by atoms with van der Waals surface area (Å²) in [4.78, 5) is 0. The highest BCUT2D eigenvalue weighted by atomic mass is 35.5. The molecule has 7 heteroatoms. The first-order valence-electron chi connectivity index (χ1n) is 6.30. The average molecular weight is 328 g/mol. The highest BCUT2D eigenvalue weighted by Crippen LogP contribution is 2.35. The van der Waals surface area contributed by atoms with Gasteiger partial charge >= 0.3 is 0 Å². The van der Waals surface area contributed by atoms with Gasteiger partial charge in [0.05, 0.1) is 25.0 Å². The molecular weight excluding hydrogens is 310 g/mol. The third-order valence-corrected chi connectivity index (χ3v) is 2.84. The van der Waals surface area contributed by atoms with Gasteiger partial charge < -0.3 is 14.8 Å². The van der Waals surface area contributed by atoms with Crippen LogP contribution < -0.4 is 20.2 Å². The minimum Gasteiger partial charge on any atom is -0.491 e. The van der Waals surface area contributed by atoms with Crippen LogP contribution in [-0.2, 0) is 0 Å². The Balaban J connectivity index is 2.79. The van der Waals surface area contributed by atoms with E-state index in [2.05, 4.69) is 22.4 Å². The number of hydrogen-bond donors (Lipinski definition) is 2. The van der Waals surface area contributed by atoms with Gasteiger partial charge in [-0.2, -0.15) is 5.10 Å². The first-order chi connectivity index (χ1) is 10.1. The zero-order valence-electron chi connectivity index (χ0n) is 12.0. The summed E-state index contributed by atoms with van der Waals surface area (Å²) in [5.74, 6) is 1.08. The fraction of sp³-hybridized carbons (Fsp3) is 0.286. The Morgan fingerprint density at radius 1 is 1.52 bits per heavy atom. The molecule has 0 radical (unpaired) electrons. The van der Waals surface area contributed by atoms with Crippen molar-refractivity contribution in [3.63, 3.8) is 0 Å². The summed E-state index contributed by atoms with van der Waals surface area (Å²) >= 11 is 11.2. The molecule has 0 heterocycles. The molecule has 114 valence electrons. The Morgan fingerprint density at radius 2 is 2.29 bits per heavy atom. The van der Waals surface area contributed by atoms with E-state index < -0.39 is 0 Å². The number of benzene rings is 1. The Kier molecular flexibility index (Phi) is 7.56. The summed E-state index contributed by atoms with van der Waals surface area (Å²) in [6.07, 6.45) is 3.30. The third-order valence-electron chi connectivity index (χ3n) is 2.32. The second-order valence-corrected chi connectivity index (χ2v) is 4.65. The molecule has 0 saturated heterocycles. The SMILES string of the molecule is C=CCNC(=S)N/N=C/c1cc(Cl)c(OC)c(OCC)c1. The van der Waals surface area contributed by atoms with Gasteiger partial charge in [0.1, 0.15) is 0 Å². The van der Waals surface area contributed by atoms with Crippen LogP contribution in [0, 0.1) is 0 Å². The van der Waals surface area contributed by atoms with E-state index in [9.17, 15) is 0 Å². The average Bonchev–Trinajstić information content (AvgIpc) is 2.45. The van der Waals surface area contributed by atoms with Crippen LogP contribution >= 0.6 is 23.8 Å². The number of ether oxygens (including phenoxy) is 2. The van der Waals surface area contributed by atoms with Crippen LogP contribution in [0.15, 0.2) is 29.9 Å². The molecule has 0 aliphatic heterocycles. The molecule has 1 rings (SSSR count). The standard InChI is InChI=1S/C14H18ClN3O2S/c1-4-6-16-14(21)18-17-9-10-7-11(15)13(19-3)12(8-10)20-5-2/h4,7-9H,1,5-6H2,2-3H3,(H2,16,18,21)/b17-9+. The second kappa shape index (κ2) is 9.20. The van der Waals surface area contributed by atoms with Crippen molar-refractivity contribution in [2.75, 3.05) is 20.3 Å². The largest absolute Gasteiger partial charge is 0.491 e. The van der Waals surface area contributed by atoms with Gasteiger partial charge in [-0.15, -0.1) is 6.58 Å². The maximum absolute atomic E-state index is 6.14. The summed E-state index contributed by atoms with van der Waals surface area (Å²) in [7, 11) is 1.54. The lowest BCUT2D eigenvalue weighted by molar-refractivity contribution is 0.311. The van der Waals surface area contributed by atoms with E-state index in [1.54, 1.807) is 31.5 Å². The molecule has 0 aliphatic rings. The molecule has 0 unspecified atom stereocenters. The van der Waals surface area contributed by atoms with Gasteiger partial charge in [-0.05, 0) is 36.8 Å². The molecule has 0 fully saturated rings. The zero-order valence-corrected chi connectivity index (χ0v) is 13.6. The van der Waals surface area contributed by atoms with Gasteiger partial charge in [-0.3, -0.25) is 5.43 Å². The van der Waals surface area contributed by atoms with Crippen molar-refractivity contribution in [1.82, 2.24) is 10.7 Å². The molecule has 0 aromatic heterocycles. The quantitative estimate of drug-likeness (QED) is 0.349. The Bertz CT molecular complexity index is 535. The van der Waals surface area contributed by atoms with E-state index in [1.807, 2.05) is 6.92 Å². The van der Waals surface area contributed by atoms with Crippen molar-refractivity contribution in [3.05, 3.63) is 35.4 Å². The summed E-state index contributed by atoms with van der Waals surface area (Å²) in [5.41, 5.74) is 3.46. The monoisotopic (exact) mass is 327 g/mol. The van der Waals surface area contributed by atoms with E-state index in [1.165, 1.54) is 0 Å². The van der Waals surface area contributed by atoms with Crippen molar-refractivity contribution in [1.29, 1.82) is 0 Å². The lowest BCUT2D eigenvalue weighted by Gasteiger charge is -2.11. The first-order valence-corrected chi connectivity index (χ1v) is 7.09. The van der Waals surface area contributed by atoms with E-state index in [0.29, 0.717) is 34.8 Å². The molecule has 0 atom stereocenters. The maximum atomic E-state index is 6.14. The molecule has 5 nitrogen and oxygen atoms in total. The number of halogens is 1. The molecule has 0 spiro atoms. The van der Waals surface area contributed by atoms with Gasteiger partial charge in [-0.1, -0.05) is 17.7 Å². The van der Waals surface area contributed by atoms with E-state index in [-0.39, 0.29) is 0 Å². The predicted octanol–water partition coefficient (Wildman–Crippen LogP) is 2.73. The van der Waals surface area contributed by atoms with Crippen LogP contribution in [0.3, 0.4) is 0 Å². The number of rotatable bonds is 7. The van der Waals surface area contributed by atoms with Crippen LogP contribution in [0.5, 0.6) is 11.5 Å². The molecule has 1 aromatic rings. The lowest BCUT2D eigenvalue weighted by Crippen LogP contribution is -2.31. The Morgan fingerprint density at radius 3 is 2.90 bits per heavy atom. The molecule has 1 aromatic carbocycles. The summed E-state index contributed by atoms with van der Waals surface area (Å²) in [5, 5.41) is 7.79. The third kappa shape index (κ3) is 5.61. The van der Waals surface area contributed by atoms with Gasteiger partial charge in [0.25, 0.3) is 0 Å². The highest BCUT2D eigenvalue weighted by Gasteiger charge is 2.10. The topological polar surface area (TPSA) is 54.9 Å². The van der Waals surface area contributed by atoms with Gasteiger partial charge in [0, 0.05) is 6.54 Å².